The molecule has 20 heavy (non-hydrogen) atoms. The van der Waals surface area contributed by atoms with Crippen LogP contribution in [0.1, 0.15) is 23.7 Å². The van der Waals surface area contributed by atoms with E-state index in [0.29, 0.717) is 23.5 Å². The number of amides is 1. The van der Waals surface area contributed by atoms with Gasteiger partial charge in [0.25, 0.3) is 5.91 Å². The molecule has 1 aromatic rings. The number of thioether (sulfide) groups is 1. The van der Waals surface area contributed by atoms with Crippen molar-refractivity contribution in [3.63, 3.8) is 0 Å². The third-order valence-corrected chi connectivity index (χ3v) is 3.72. The van der Waals surface area contributed by atoms with E-state index in [2.05, 4.69) is 5.32 Å². The average Bonchev–Trinajstić information content (AvgIpc) is 2.90. The molecule has 5 nitrogen and oxygen atoms in total. The van der Waals surface area contributed by atoms with Gasteiger partial charge in [0.15, 0.2) is 11.5 Å². The van der Waals surface area contributed by atoms with Crippen molar-refractivity contribution in [1.82, 2.24) is 5.32 Å². The molecule has 0 saturated heterocycles. The Balaban J connectivity index is 1.92. The van der Waals surface area contributed by atoms with Crippen molar-refractivity contribution in [3.8, 4) is 11.5 Å². The first-order valence-electron chi connectivity index (χ1n) is 6.41. The zero-order valence-electron chi connectivity index (χ0n) is 11.6. The van der Waals surface area contributed by atoms with Crippen molar-refractivity contribution in [2.24, 2.45) is 0 Å². The molecule has 2 rings (SSSR count). The Bertz CT molecular complexity index is 490. The van der Waals surface area contributed by atoms with Crippen LogP contribution in [-0.4, -0.2) is 42.0 Å². The largest absolute Gasteiger partial charge is 0.454 e. The van der Waals surface area contributed by atoms with Crippen molar-refractivity contribution in [2.75, 3.05) is 25.3 Å². The number of carbonyl (C=O) groups excluding carboxylic acids is 1. The van der Waals surface area contributed by atoms with Gasteiger partial charge in [-0.1, -0.05) is 0 Å². The maximum atomic E-state index is 12.0. The Morgan fingerprint density at radius 3 is 2.95 bits per heavy atom. The molecule has 2 N–H and O–H groups in total. The van der Waals surface area contributed by atoms with E-state index in [1.807, 2.05) is 6.26 Å². The Labute approximate surface area is 122 Å². The van der Waals surface area contributed by atoms with E-state index < -0.39 is 5.60 Å². The maximum absolute atomic E-state index is 12.0. The minimum absolute atomic E-state index is 0.184. The summed E-state index contributed by atoms with van der Waals surface area (Å²) in [5.74, 6) is 1.85. The summed E-state index contributed by atoms with van der Waals surface area (Å²) in [6, 6.07) is 5.04. The zero-order valence-corrected chi connectivity index (χ0v) is 12.5. The normalized spacial score (nSPS) is 15.8. The van der Waals surface area contributed by atoms with Crippen LogP contribution in [0.2, 0.25) is 0 Å². The summed E-state index contributed by atoms with van der Waals surface area (Å²) in [6.45, 7) is 2.13. The number of benzene rings is 1. The van der Waals surface area contributed by atoms with Gasteiger partial charge >= 0.3 is 0 Å². The van der Waals surface area contributed by atoms with Gasteiger partial charge in [-0.15, -0.1) is 0 Å². The highest BCUT2D eigenvalue weighted by molar-refractivity contribution is 7.98. The van der Waals surface area contributed by atoms with E-state index in [1.54, 1.807) is 36.9 Å². The van der Waals surface area contributed by atoms with Gasteiger partial charge in [0.05, 0.1) is 5.60 Å². The summed E-state index contributed by atoms with van der Waals surface area (Å²) < 4.78 is 10.4. The van der Waals surface area contributed by atoms with Crippen LogP contribution < -0.4 is 14.8 Å². The van der Waals surface area contributed by atoms with E-state index in [4.69, 9.17) is 9.47 Å². The molecule has 1 atom stereocenters. The third kappa shape index (κ3) is 3.80. The standard InChI is InChI=1S/C14H19NO4S/c1-14(17,5-6-20-2)8-15-13(16)10-3-4-11-12(7-10)19-9-18-11/h3-4,7,17H,5-6,8-9H2,1-2H3,(H,15,16). The number of aliphatic hydroxyl groups is 1. The van der Waals surface area contributed by atoms with Crippen LogP contribution in [0.3, 0.4) is 0 Å². The van der Waals surface area contributed by atoms with Crippen LogP contribution in [0, 0.1) is 0 Å². The van der Waals surface area contributed by atoms with Gasteiger partial charge in [-0.25, -0.2) is 0 Å². The van der Waals surface area contributed by atoms with Crippen molar-refractivity contribution in [1.29, 1.82) is 0 Å². The molecule has 1 aromatic carbocycles. The van der Waals surface area contributed by atoms with E-state index in [-0.39, 0.29) is 19.2 Å². The molecule has 0 aromatic heterocycles. The smallest absolute Gasteiger partial charge is 0.251 e. The number of hydrogen-bond acceptors (Lipinski definition) is 5. The molecule has 0 radical (unpaired) electrons. The molecular weight excluding hydrogens is 278 g/mol. The van der Waals surface area contributed by atoms with Crippen molar-refractivity contribution >= 4 is 17.7 Å². The SMILES string of the molecule is CSCCC(C)(O)CNC(=O)c1ccc2c(c1)OCO2. The van der Waals surface area contributed by atoms with Gasteiger partial charge in [-0.3, -0.25) is 4.79 Å². The Hall–Kier alpha value is -1.40. The fourth-order valence-electron chi connectivity index (χ4n) is 1.82. The second kappa shape index (κ2) is 6.37. The molecule has 110 valence electrons. The van der Waals surface area contributed by atoms with Crippen LogP contribution >= 0.6 is 11.8 Å². The van der Waals surface area contributed by atoms with Crippen LogP contribution in [-0.2, 0) is 0 Å². The highest BCUT2D eigenvalue weighted by Crippen LogP contribution is 2.32. The summed E-state index contributed by atoms with van der Waals surface area (Å²) in [5.41, 5.74) is -0.399. The van der Waals surface area contributed by atoms with Crippen molar-refractivity contribution < 1.29 is 19.4 Å². The molecule has 1 unspecified atom stereocenters. The summed E-state index contributed by atoms with van der Waals surface area (Å²) in [4.78, 5) is 12.0. The monoisotopic (exact) mass is 297 g/mol. The molecule has 0 spiro atoms. The predicted octanol–water partition coefficient (Wildman–Crippen LogP) is 1.65. The first-order chi connectivity index (χ1) is 9.52. The minimum Gasteiger partial charge on any atom is -0.454 e. The Kier molecular flexibility index (Phi) is 4.77. The first kappa shape index (κ1) is 15.0. The summed E-state index contributed by atoms with van der Waals surface area (Å²) in [5, 5.41) is 12.9. The van der Waals surface area contributed by atoms with E-state index in [1.165, 1.54) is 0 Å². The molecule has 0 bridgehead atoms. The van der Waals surface area contributed by atoms with Crippen LogP contribution in [0.15, 0.2) is 18.2 Å². The molecule has 1 aliphatic heterocycles. The number of nitrogens with one attached hydrogen (secondary N) is 1. The maximum Gasteiger partial charge on any atom is 0.251 e. The number of rotatable bonds is 6. The fraction of sp³-hybridized carbons (Fsp3) is 0.500. The van der Waals surface area contributed by atoms with Gasteiger partial charge in [0, 0.05) is 12.1 Å². The molecule has 1 heterocycles. The van der Waals surface area contributed by atoms with Crippen molar-refractivity contribution in [3.05, 3.63) is 23.8 Å². The van der Waals surface area contributed by atoms with E-state index in [0.717, 1.165) is 5.75 Å². The van der Waals surface area contributed by atoms with E-state index in [9.17, 15) is 9.90 Å². The van der Waals surface area contributed by atoms with Crippen LogP contribution in [0.4, 0.5) is 0 Å². The molecule has 0 saturated carbocycles. The molecule has 6 heteroatoms. The lowest BCUT2D eigenvalue weighted by atomic mass is 10.0. The average molecular weight is 297 g/mol. The molecule has 1 amide bonds. The van der Waals surface area contributed by atoms with Gasteiger partial charge in [0.1, 0.15) is 0 Å². The molecule has 0 aliphatic carbocycles. The molecule has 0 fully saturated rings. The highest BCUT2D eigenvalue weighted by Gasteiger charge is 2.22. The van der Waals surface area contributed by atoms with Crippen LogP contribution in [0.25, 0.3) is 0 Å². The fourth-order valence-corrected chi connectivity index (χ4v) is 2.46. The Morgan fingerprint density at radius 1 is 1.45 bits per heavy atom. The van der Waals surface area contributed by atoms with Gasteiger partial charge in [-0.2, -0.15) is 11.8 Å². The molecular formula is C14H19NO4S. The zero-order chi connectivity index (χ0) is 14.6. The topological polar surface area (TPSA) is 67.8 Å². The lowest BCUT2D eigenvalue weighted by Gasteiger charge is -2.23. The predicted molar refractivity (Wildman–Crippen MR) is 78.5 cm³/mol. The third-order valence-electron chi connectivity index (χ3n) is 3.11. The lowest BCUT2D eigenvalue weighted by molar-refractivity contribution is 0.0528. The minimum atomic E-state index is -0.894. The second-order valence-electron chi connectivity index (χ2n) is 4.99. The van der Waals surface area contributed by atoms with E-state index >= 15 is 0 Å². The quantitative estimate of drug-likeness (QED) is 0.835. The number of ether oxygens (including phenoxy) is 2. The summed E-state index contributed by atoms with van der Waals surface area (Å²) in [7, 11) is 0. The highest BCUT2D eigenvalue weighted by atomic mass is 32.2. The van der Waals surface area contributed by atoms with Gasteiger partial charge < -0.3 is 19.9 Å². The van der Waals surface area contributed by atoms with Crippen LogP contribution in [0.5, 0.6) is 11.5 Å². The number of hydrogen-bond donors (Lipinski definition) is 2. The lowest BCUT2D eigenvalue weighted by Crippen LogP contribution is -2.41. The molecule has 1 aliphatic rings. The number of carbonyl (C=O) groups is 1. The number of fused-ring (bicyclic) bond motifs is 1. The summed E-state index contributed by atoms with van der Waals surface area (Å²) >= 11 is 1.67. The Morgan fingerprint density at radius 2 is 2.20 bits per heavy atom. The van der Waals surface area contributed by atoms with Gasteiger partial charge in [-0.05, 0) is 43.6 Å². The second-order valence-corrected chi connectivity index (χ2v) is 5.98. The van der Waals surface area contributed by atoms with Crippen molar-refractivity contribution in [2.45, 2.75) is 18.9 Å². The first-order valence-corrected chi connectivity index (χ1v) is 7.80. The van der Waals surface area contributed by atoms with Gasteiger partial charge in [0.2, 0.25) is 6.79 Å². The summed E-state index contributed by atoms with van der Waals surface area (Å²) in [6.07, 6.45) is 2.62.